The molecule has 0 saturated carbocycles. The van der Waals surface area contributed by atoms with Crippen LogP contribution < -0.4 is 15.4 Å². The molecular formula is C17H27ClN2O2S. The van der Waals surface area contributed by atoms with E-state index in [4.69, 9.17) is 4.74 Å². The van der Waals surface area contributed by atoms with Crippen LogP contribution in [0.5, 0.6) is 5.75 Å². The number of amides is 1. The monoisotopic (exact) mass is 358 g/mol. The molecule has 6 heteroatoms. The summed E-state index contributed by atoms with van der Waals surface area (Å²) in [6.45, 7) is 5.68. The SMILES string of the molecule is CCOc1ccccc1C(CC)NC(=O)CC1CSCCN1.Cl. The molecule has 23 heavy (non-hydrogen) atoms. The Labute approximate surface area is 149 Å². The Balaban J connectivity index is 0.00000264. The van der Waals surface area contributed by atoms with E-state index in [2.05, 4.69) is 17.6 Å². The Morgan fingerprint density at radius 1 is 1.43 bits per heavy atom. The highest BCUT2D eigenvalue weighted by atomic mass is 35.5. The Hall–Kier alpha value is -0.910. The maximum absolute atomic E-state index is 12.3. The van der Waals surface area contributed by atoms with Crippen LogP contribution in [0.1, 0.15) is 38.3 Å². The van der Waals surface area contributed by atoms with Crippen LogP contribution in [0, 0.1) is 0 Å². The molecule has 130 valence electrons. The molecule has 2 N–H and O–H groups in total. The Kier molecular flexibility index (Phi) is 9.44. The lowest BCUT2D eigenvalue weighted by atomic mass is 10.0. The molecule has 0 aliphatic carbocycles. The smallest absolute Gasteiger partial charge is 0.222 e. The van der Waals surface area contributed by atoms with Crippen LogP contribution in [0.4, 0.5) is 0 Å². The van der Waals surface area contributed by atoms with E-state index in [0.717, 1.165) is 35.8 Å². The summed E-state index contributed by atoms with van der Waals surface area (Å²) in [6, 6.07) is 8.25. The Morgan fingerprint density at radius 2 is 2.22 bits per heavy atom. The zero-order chi connectivity index (χ0) is 15.8. The summed E-state index contributed by atoms with van der Waals surface area (Å²) >= 11 is 1.91. The van der Waals surface area contributed by atoms with Crippen molar-refractivity contribution < 1.29 is 9.53 Å². The van der Waals surface area contributed by atoms with E-state index in [9.17, 15) is 4.79 Å². The number of benzene rings is 1. The number of ether oxygens (including phenoxy) is 1. The number of rotatable bonds is 7. The molecule has 4 nitrogen and oxygen atoms in total. The molecule has 1 amide bonds. The molecule has 0 bridgehead atoms. The lowest BCUT2D eigenvalue weighted by molar-refractivity contribution is -0.122. The number of carbonyl (C=O) groups is 1. The molecular weight excluding hydrogens is 332 g/mol. The quantitative estimate of drug-likeness (QED) is 0.786. The molecule has 2 rings (SSSR count). The summed E-state index contributed by atoms with van der Waals surface area (Å²) in [5, 5.41) is 6.57. The number of hydrogen-bond donors (Lipinski definition) is 2. The van der Waals surface area contributed by atoms with Crippen LogP contribution in [0.2, 0.25) is 0 Å². The van der Waals surface area contributed by atoms with Gasteiger partial charge in [0.2, 0.25) is 5.91 Å². The number of halogens is 1. The number of hydrogen-bond acceptors (Lipinski definition) is 4. The molecule has 1 heterocycles. The largest absolute Gasteiger partial charge is 0.494 e. The van der Waals surface area contributed by atoms with E-state index in [-0.39, 0.29) is 24.4 Å². The molecule has 0 spiro atoms. The lowest BCUT2D eigenvalue weighted by Crippen LogP contribution is -2.42. The zero-order valence-electron chi connectivity index (χ0n) is 13.8. The average molecular weight is 359 g/mol. The van der Waals surface area contributed by atoms with Crippen molar-refractivity contribution in [3.63, 3.8) is 0 Å². The third-order valence-electron chi connectivity index (χ3n) is 3.77. The van der Waals surface area contributed by atoms with Crippen molar-refractivity contribution in [3.8, 4) is 5.75 Å². The predicted octanol–water partition coefficient (Wildman–Crippen LogP) is 3.17. The second-order valence-corrected chi connectivity index (χ2v) is 6.58. The molecule has 1 fully saturated rings. The van der Waals surface area contributed by atoms with Crippen LogP contribution in [0.3, 0.4) is 0 Å². The minimum absolute atomic E-state index is 0. The van der Waals surface area contributed by atoms with E-state index in [1.807, 2.05) is 43.0 Å². The summed E-state index contributed by atoms with van der Waals surface area (Å²) in [5.41, 5.74) is 1.06. The third-order valence-corrected chi connectivity index (χ3v) is 4.90. The van der Waals surface area contributed by atoms with Crippen molar-refractivity contribution in [2.45, 2.75) is 38.8 Å². The van der Waals surface area contributed by atoms with E-state index in [1.54, 1.807) is 0 Å². The summed E-state index contributed by atoms with van der Waals surface area (Å²) in [5.74, 6) is 3.12. The highest BCUT2D eigenvalue weighted by molar-refractivity contribution is 7.99. The van der Waals surface area contributed by atoms with Crippen molar-refractivity contribution in [1.82, 2.24) is 10.6 Å². The number of nitrogens with one attached hydrogen (secondary N) is 2. The van der Waals surface area contributed by atoms with Crippen molar-refractivity contribution >= 4 is 30.1 Å². The maximum Gasteiger partial charge on any atom is 0.222 e. The molecule has 0 aromatic heterocycles. The first kappa shape index (κ1) is 20.1. The molecule has 2 unspecified atom stereocenters. The summed E-state index contributed by atoms with van der Waals surface area (Å²) in [6.07, 6.45) is 1.39. The van der Waals surface area contributed by atoms with E-state index < -0.39 is 0 Å². The summed E-state index contributed by atoms with van der Waals surface area (Å²) < 4.78 is 5.68. The highest BCUT2D eigenvalue weighted by Crippen LogP contribution is 2.27. The summed E-state index contributed by atoms with van der Waals surface area (Å²) in [4.78, 5) is 12.3. The van der Waals surface area contributed by atoms with E-state index in [1.165, 1.54) is 0 Å². The molecule has 1 aliphatic heterocycles. The summed E-state index contributed by atoms with van der Waals surface area (Å²) in [7, 11) is 0. The van der Waals surface area contributed by atoms with Crippen LogP contribution in [-0.2, 0) is 4.79 Å². The maximum atomic E-state index is 12.3. The van der Waals surface area contributed by atoms with Gasteiger partial charge in [-0.15, -0.1) is 12.4 Å². The highest BCUT2D eigenvalue weighted by Gasteiger charge is 2.20. The first-order chi connectivity index (χ1) is 10.7. The molecule has 1 saturated heterocycles. The van der Waals surface area contributed by atoms with Crippen molar-refractivity contribution in [2.24, 2.45) is 0 Å². The minimum atomic E-state index is 0. The second-order valence-electron chi connectivity index (χ2n) is 5.43. The standard InChI is InChI=1S/C17H26N2O2S.ClH/c1-3-15(14-7-5-6-8-16(14)21-4-2)19-17(20)11-13-12-22-10-9-18-13;/h5-8,13,15,18H,3-4,9-12H2,1-2H3,(H,19,20);1H. The molecule has 2 atom stereocenters. The average Bonchev–Trinajstić information content (AvgIpc) is 2.54. The predicted molar refractivity (Wildman–Crippen MR) is 99.8 cm³/mol. The van der Waals surface area contributed by atoms with Gasteiger partial charge in [0.15, 0.2) is 0 Å². The third kappa shape index (κ3) is 6.24. The van der Waals surface area contributed by atoms with Gasteiger partial charge in [0.1, 0.15) is 5.75 Å². The van der Waals surface area contributed by atoms with Crippen molar-refractivity contribution in [1.29, 1.82) is 0 Å². The van der Waals surface area contributed by atoms with Crippen LogP contribution in [0.25, 0.3) is 0 Å². The second kappa shape index (κ2) is 10.8. The van der Waals surface area contributed by atoms with Gasteiger partial charge in [-0.1, -0.05) is 25.1 Å². The Bertz CT molecular complexity index is 481. The zero-order valence-corrected chi connectivity index (χ0v) is 15.5. The van der Waals surface area contributed by atoms with E-state index >= 15 is 0 Å². The molecule has 1 aromatic carbocycles. The van der Waals surface area contributed by atoms with Crippen LogP contribution in [0.15, 0.2) is 24.3 Å². The van der Waals surface area contributed by atoms with Gasteiger partial charge in [0.25, 0.3) is 0 Å². The van der Waals surface area contributed by atoms with Crippen molar-refractivity contribution in [2.75, 3.05) is 24.7 Å². The van der Waals surface area contributed by atoms with Gasteiger partial charge in [0, 0.05) is 36.1 Å². The number of para-hydroxylation sites is 1. The first-order valence-corrected chi connectivity index (χ1v) is 9.22. The van der Waals surface area contributed by atoms with Crippen molar-refractivity contribution in [3.05, 3.63) is 29.8 Å². The molecule has 0 radical (unpaired) electrons. The van der Waals surface area contributed by atoms with Gasteiger partial charge in [-0.3, -0.25) is 4.79 Å². The fourth-order valence-electron chi connectivity index (χ4n) is 2.68. The number of carbonyl (C=O) groups excluding carboxylic acids is 1. The van der Waals surface area contributed by atoms with Crippen LogP contribution in [-0.4, -0.2) is 36.6 Å². The minimum Gasteiger partial charge on any atom is -0.494 e. The van der Waals surface area contributed by atoms with Gasteiger partial charge in [-0.05, 0) is 19.4 Å². The Morgan fingerprint density at radius 3 is 2.87 bits per heavy atom. The lowest BCUT2D eigenvalue weighted by Gasteiger charge is -2.25. The van der Waals surface area contributed by atoms with Gasteiger partial charge < -0.3 is 15.4 Å². The fourth-order valence-corrected chi connectivity index (χ4v) is 3.63. The van der Waals surface area contributed by atoms with E-state index in [0.29, 0.717) is 19.1 Å². The van der Waals surface area contributed by atoms with Gasteiger partial charge in [0.05, 0.1) is 12.6 Å². The normalized spacial score (nSPS) is 18.6. The van der Waals surface area contributed by atoms with Gasteiger partial charge in [-0.2, -0.15) is 11.8 Å². The number of thioether (sulfide) groups is 1. The first-order valence-electron chi connectivity index (χ1n) is 8.06. The molecule has 1 aliphatic rings. The fraction of sp³-hybridized carbons (Fsp3) is 0.588. The van der Waals surface area contributed by atoms with Gasteiger partial charge in [-0.25, -0.2) is 0 Å². The van der Waals surface area contributed by atoms with Crippen LogP contribution >= 0.6 is 24.2 Å². The topological polar surface area (TPSA) is 50.4 Å². The van der Waals surface area contributed by atoms with Gasteiger partial charge >= 0.3 is 0 Å². The molecule has 1 aromatic rings.